The second-order valence-corrected chi connectivity index (χ2v) is 17.3. The van der Waals surface area contributed by atoms with E-state index in [1.54, 1.807) is 0 Å². The van der Waals surface area contributed by atoms with Gasteiger partial charge in [0, 0.05) is 13.5 Å². The van der Waals surface area contributed by atoms with E-state index in [0.29, 0.717) is 0 Å². The third-order valence-corrected chi connectivity index (χ3v) is 13.4. The van der Waals surface area contributed by atoms with Crippen LogP contribution >= 0.6 is 15.8 Å². The van der Waals surface area contributed by atoms with E-state index < -0.39 is 15.8 Å². The molecule has 3 rings (SSSR count). The van der Waals surface area contributed by atoms with E-state index in [1.807, 2.05) is 0 Å². The summed E-state index contributed by atoms with van der Waals surface area (Å²) < 4.78 is 0. The summed E-state index contributed by atoms with van der Waals surface area (Å²) in [6, 6.07) is 15.8. The van der Waals surface area contributed by atoms with Crippen LogP contribution in [-0.2, 0) is 30.4 Å². The van der Waals surface area contributed by atoms with Crippen LogP contribution in [0.2, 0.25) is 0 Å². The van der Waals surface area contributed by atoms with Crippen LogP contribution in [0.4, 0.5) is 0 Å². The molecule has 0 aliphatic heterocycles. The van der Waals surface area contributed by atoms with E-state index in [0.717, 1.165) is 22.6 Å². The van der Waals surface area contributed by atoms with Gasteiger partial charge in [0.15, 0.2) is 0 Å². The number of fused-ring (bicyclic) bond motifs is 2. The van der Waals surface area contributed by atoms with Crippen LogP contribution in [0.3, 0.4) is 0 Å². The van der Waals surface area contributed by atoms with E-state index in [4.69, 9.17) is 9.78 Å². The van der Waals surface area contributed by atoms with Crippen molar-refractivity contribution in [3.8, 4) is 0 Å². The first-order valence-electron chi connectivity index (χ1n) is 11.8. The molecule has 0 amide bonds. The summed E-state index contributed by atoms with van der Waals surface area (Å²) in [5.74, 6) is 0. The molecule has 0 saturated heterocycles. The molecule has 1 heterocycles. The zero-order valence-corrected chi connectivity index (χ0v) is 25.3. The molecule has 0 atom stereocenters. The van der Waals surface area contributed by atoms with Crippen LogP contribution in [0.5, 0.6) is 0 Å². The van der Waals surface area contributed by atoms with Crippen LogP contribution < -0.4 is 0 Å². The number of para-hydroxylation sites is 2. The van der Waals surface area contributed by atoms with Crippen molar-refractivity contribution in [3.05, 3.63) is 59.8 Å². The Labute approximate surface area is 217 Å². The molecule has 1 aromatic heterocycles. The molecule has 2 nitrogen and oxygen atoms in total. The van der Waals surface area contributed by atoms with Gasteiger partial charge in [-0.05, 0) is 80.4 Å². The van der Waals surface area contributed by atoms with Crippen molar-refractivity contribution in [1.82, 2.24) is 4.98 Å². The van der Waals surface area contributed by atoms with Gasteiger partial charge in [0.05, 0.1) is 34.3 Å². The zero-order chi connectivity index (χ0) is 24.0. The molecule has 0 unspecified atom stereocenters. The minimum absolute atomic E-state index is 0. The van der Waals surface area contributed by atoms with Gasteiger partial charge in [-0.2, -0.15) is 6.07 Å². The van der Waals surface area contributed by atoms with E-state index in [2.05, 4.69) is 111 Å². The topological polar surface area (TPSA) is 30.0 Å². The summed E-state index contributed by atoms with van der Waals surface area (Å²) in [6.07, 6.45) is 3.77. The van der Waals surface area contributed by atoms with Crippen LogP contribution in [0.25, 0.3) is 21.8 Å². The average Bonchev–Trinajstić information content (AvgIpc) is 2.74. The van der Waals surface area contributed by atoms with Gasteiger partial charge in [-0.25, -0.2) is 0 Å². The number of hydrogen-bond donors (Lipinski definition) is 0. The number of pyridine rings is 1. The fraction of sp³-hybridized carbons (Fsp3) is 0.464. The summed E-state index contributed by atoms with van der Waals surface area (Å²) in [5.41, 5.74) is 8.18. The maximum atomic E-state index is 7.75. The number of aromatic nitrogens is 1. The summed E-state index contributed by atoms with van der Waals surface area (Å²) >= 11 is 0. The first kappa shape index (κ1) is 30.2. The normalized spacial score (nSPS) is 11.6. The maximum absolute atomic E-state index is 7.75. The van der Waals surface area contributed by atoms with Gasteiger partial charge >= 0.3 is 19.5 Å². The van der Waals surface area contributed by atoms with Gasteiger partial charge in [0.25, 0.3) is 0 Å². The predicted octanol–water partition coefficient (Wildman–Crippen LogP) is 7.92. The Hall–Kier alpha value is -0.867. The van der Waals surface area contributed by atoms with E-state index in [9.17, 15) is 0 Å². The van der Waals surface area contributed by atoms with Gasteiger partial charge in [-0.3, -0.25) is 6.79 Å². The molecule has 3 aromatic rings. The third-order valence-electron chi connectivity index (χ3n) is 6.32. The van der Waals surface area contributed by atoms with Gasteiger partial charge in [-0.15, -0.1) is 11.6 Å². The van der Waals surface area contributed by atoms with Gasteiger partial charge in [0.2, 0.25) is 0 Å². The molecule has 0 aliphatic rings. The minimum atomic E-state index is -0.585. The SMILES string of the molecule is CC(C)[PH+]([CH-]c1cccc2cc3cccc(C[PH+](C(C)C)C(C)C)c3nc12)C(C)C.[CH-]=O.[RuH+2]. The molecule has 0 saturated carbocycles. The average molecular weight is 572 g/mol. The zero-order valence-electron chi connectivity index (χ0n) is 21.4. The Morgan fingerprint density at radius 2 is 1.30 bits per heavy atom. The Morgan fingerprint density at radius 1 is 0.788 bits per heavy atom. The summed E-state index contributed by atoms with van der Waals surface area (Å²) in [7, 11) is -1.05. The number of carbonyl (C=O) groups excluding carboxylic acids is 1. The van der Waals surface area contributed by atoms with Crippen molar-refractivity contribution in [1.29, 1.82) is 0 Å². The molecule has 0 bridgehead atoms. The predicted molar refractivity (Wildman–Crippen MR) is 152 cm³/mol. The van der Waals surface area contributed by atoms with Crippen molar-refractivity contribution >= 4 is 44.4 Å². The first-order valence-corrected chi connectivity index (χ1v) is 15.4. The van der Waals surface area contributed by atoms with Crippen molar-refractivity contribution in [3.63, 3.8) is 0 Å². The number of benzene rings is 2. The first-order chi connectivity index (χ1) is 15.2. The Morgan fingerprint density at radius 3 is 1.82 bits per heavy atom. The number of nitrogens with zero attached hydrogens (tertiary/aromatic N) is 1. The Balaban J connectivity index is 0.00000177. The molecule has 0 fully saturated rings. The van der Waals surface area contributed by atoms with Crippen molar-refractivity contribution < 1.29 is 24.3 Å². The molecule has 0 N–H and O–H groups in total. The van der Waals surface area contributed by atoms with Crippen molar-refractivity contribution in [2.75, 3.05) is 0 Å². The fourth-order valence-corrected chi connectivity index (χ4v) is 10.2. The summed E-state index contributed by atoms with van der Waals surface area (Å²) in [6.45, 7) is 22.3. The second kappa shape index (κ2) is 13.9. The third kappa shape index (κ3) is 7.56. The monoisotopic (exact) mass is 572 g/mol. The van der Waals surface area contributed by atoms with E-state index >= 15 is 0 Å². The molecule has 0 radical (unpaired) electrons. The van der Waals surface area contributed by atoms with Crippen molar-refractivity contribution in [2.24, 2.45) is 0 Å². The van der Waals surface area contributed by atoms with Crippen LogP contribution in [0.15, 0.2) is 42.5 Å². The molecule has 5 heteroatoms. The van der Waals surface area contributed by atoms with Gasteiger partial charge in [0.1, 0.15) is 0 Å². The summed E-state index contributed by atoms with van der Waals surface area (Å²) in [5, 5.41) is 2.55. The molecule has 0 aliphatic carbocycles. The standard InChI is InChI=1S/C27H39NP2.CHO.Ru.H/c1-18(2)29(19(3)4)16-24-13-9-11-22-15-23-12-10-14-25(27(23)28-26(22)24)17-30(20(5)6)21(7)8;1-2;;/h9-16,18-21,29H,17H2,1-8H3;1H;;/q;-1;+2;/p+1. The van der Waals surface area contributed by atoms with E-state index in [1.165, 1.54) is 39.1 Å². The molecule has 33 heavy (non-hydrogen) atoms. The van der Waals surface area contributed by atoms with E-state index in [-0.39, 0.29) is 19.5 Å². The summed E-state index contributed by atoms with van der Waals surface area (Å²) in [4.78, 5) is 13.1. The quantitative estimate of drug-likeness (QED) is 0.0904. The van der Waals surface area contributed by atoms with Gasteiger partial charge in [-0.1, -0.05) is 35.7 Å². The van der Waals surface area contributed by atoms with Gasteiger partial charge < -0.3 is 9.78 Å². The number of rotatable bonds is 8. The fourth-order valence-electron chi connectivity index (χ4n) is 4.70. The molecule has 181 valence electrons. The van der Waals surface area contributed by atoms with Crippen molar-refractivity contribution in [2.45, 2.75) is 84.2 Å². The molecular formula is C28H42NOP2Ru+2. The Bertz CT molecular complexity index is 926. The molecule has 2 aromatic carbocycles. The van der Waals surface area contributed by atoms with Crippen LogP contribution in [0.1, 0.15) is 66.5 Å². The second-order valence-electron chi connectivity index (χ2n) is 9.91. The molecule has 0 spiro atoms. The van der Waals surface area contributed by atoms with Crippen LogP contribution in [-0.4, -0.2) is 34.4 Å². The number of hydrogen-bond acceptors (Lipinski definition) is 2. The molecular weight excluding hydrogens is 529 g/mol. The van der Waals surface area contributed by atoms with Crippen LogP contribution in [0, 0.1) is 6.16 Å². The Kier molecular flexibility index (Phi) is 12.7.